The van der Waals surface area contributed by atoms with Crippen molar-refractivity contribution in [2.75, 3.05) is 6.54 Å². The first-order valence-corrected chi connectivity index (χ1v) is 6.71. The highest BCUT2D eigenvalue weighted by molar-refractivity contribution is 9.10. The summed E-state index contributed by atoms with van der Waals surface area (Å²) in [5.41, 5.74) is 1.47. The standard InChI is InChI=1S/C12H15BrFN3O/c1-7(8-2-3-8)10(14)12(18)15-5-4-9-11(13)17-6-16-9/h6,8H,2-5H2,1H3,(H,15,18)(H,16,17)/b10-7-. The molecule has 1 heterocycles. The first kappa shape index (κ1) is 13.3. The summed E-state index contributed by atoms with van der Waals surface area (Å²) in [6.07, 6.45) is 4.14. The molecule has 0 spiro atoms. The van der Waals surface area contributed by atoms with Gasteiger partial charge in [0.25, 0.3) is 5.91 Å². The average molecular weight is 316 g/mol. The van der Waals surface area contributed by atoms with Crippen LogP contribution in [0.1, 0.15) is 25.5 Å². The summed E-state index contributed by atoms with van der Waals surface area (Å²) >= 11 is 3.27. The quantitative estimate of drug-likeness (QED) is 0.820. The van der Waals surface area contributed by atoms with E-state index < -0.39 is 11.7 Å². The van der Waals surface area contributed by atoms with Crippen LogP contribution in [0.25, 0.3) is 0 Å². The van der Waals surface area contributed by atoms with Gasteiger partial charge in [-0.2, -0.15) is 0 Å². The summed E-state index contributed by atoms with van der Waals surface area (Å²) in [5, 5.41) is 2.57. The number of aromatic nitrogens is 2. The first-order valence-electron chi connectivity index (χ1n) is 5.91. The molecule has 1 saturated carbocycles. The van der Waals surface area contributed by atoms with Gasteiger partial charge in [0.05, 0.1) is 12.0 Å². The van der Waals surface area contributed by atoms with Gasteiger partial charge in [0.1, 0.15) is 4.60 Å². The zero-order chi connectivity index (χ0) is 13.1. The minimum atomic E-state index is -0.624. The van der Waals surface area contributed by atoms with E-state index in [9.17, 15) is 9.18 Å². The summed E-state index contributed by atoms with van der Waals surface area (Å²) in [7, 11) is 0. The fraction of sp³-hybridized carbons (Fsp3) is 0.500. The lowest BCUT2D eigenvalue weighted by atomic mass is 10.1. The Balaban J connectivity index is 1.81. The maximum Gasteiger partial charge on any atom is 0.279 e. The molecule has 0 aromatic carbocycles. The molecule has 1 aliphatic rings. The molecule has 6 heteroatoms. The molecule has 0 saturated heterocycles. The van der Waals surface area contributed by atoms with Gasteiger partial charge in [-0.05, 0) is 47.2 Å². The van der Waals surface area contributed by atoms with Gasteiger partial charge < -0.3 is 10.3 Å². The molecule has 0 unspecified atom stereocenters. The van der Waals surface area contributed by atoms with E-state index in [4.69, 9.17) is 0 Å². The van der Waals surface area contributed by atoms with Gasteiger partial charge >= 0.3 is 0 Å². The predicted octanol–water partition coefficient (Wildman–Crippen LogP) is 2.48. The lowest BCUT2D eigenvalue weighted by molar-refractivity contribution is -0.118. The Morgan fingerprint density at radius 2 is 2.39 bits per heavy atom. The molecule has 0 atom stereocenters. The molecule has 1 amide bonds. The van der Waals surface area contributed by atoms with Crippen molar-refractivity contribution in [2.45, 2.75) is 26.2 Å². The zero-order valence-corrected chi connectivity index (χ0v) is 11.7. The second-order valence-corrected chi connectivity index (χ2v) is 5.20. The van der Waals surface area contributed by atoms with Crippen molar-refractivity contribution in [2.24, 2.45) is 5.92 Å². The third kappa shape index (κ3) is 3.19. The van der Waals surface area contributed by atoms with Gasteiger partial charge in [-0.15, -0.1) is 0 Å². The summed E-state index contributed by atoms with van der Waals surface area (Å²) < 4.78 is 14.4. The van der Waals surface area contributed by atoms with Crippen LogP contribution in [0.15, 0.2) is 22.3 Å². The summed E-state index contributed by atoms with van der Waals surface area (Å²) in [6, 6.07) is 0. The Morgan fingerprint density at radius 1 is 1.67 bits per heavy atom. The van der Waals surface area contributed by atoms with Gasteiger partial charge in [-0.3, -0.25) is 4.79 Å². The highest BCUT2D eigenvalue weighted by atomic mass is 79.9. The second kappa shape index (κ2) is 5.65. The van der Waals surface area contributed by atoms with Crippen LogP contribution in [0.2, 0.25) is 0 Å². The molecule has 0 bridgehead atoms. The highest BCUT2D eigenvalue weighted by Gasteiger charge is 2.27. The number of amides is 1. The van der Waals surface area contributed by atoms with Crippen LogP contribution in [0.4, 0.5) is 4.39 Å². The van der Waals surface area contributed by atoms with Gasteiger partial charge in [0.2, 0.25) is 0 Å². The van der Waals surface area contributed by atoms with Crippen LogP contribution in [0.5, 0.6) is 0 Å². The number of hydrogen-bond acceptors (Lipinski definition) is 2. The van der Waals surface area contributed by atoms with Crippen molar-refractivity contribution in [1.29, 1.82) is 0 Å². The van der Waals surface area contributed by atoms with Gasteiger partial charge in [-0.1, -0.05) is 0 Å². The molecule has 0 aliphatic heterocycles. The van der Waals surface area contributed by atoms with Gasteiger partial charge in [0.15, 0.2) is 5.83 Å². The van der Waals surface area contributed by atoms with Crippen LogP contribution < -0.4 is 5.32 Å². The average Bonchev–Trinajstić information content (AvgIpc) is 3.13. The lowest BCUT2D eigenvalue weighted by Gasteiger charge is -2.05. The molecular weight excluding hydrogens is 301 g/mol. The van der Waals surface area contributed by atoms with Crippen molar-refractivity contribution in [1.82, 2.24) is 15.3 Å². The number of aromatic amines is 1. The van der Waals surface area contributed by atoms with E-state index in [-0.39, 0.29) is 5.92 Å². The van der Waals surface area contributed by atoms with Crippen LogP contribution in [-0.4, -0.2) is 22.4 Å². The van der Waals surface area contributed by atoms with Crippen molar-refractivity contribution >= 4 is 21.8 Å². The smallest absolute Gasteiger partial charge is 0.279 e. The Hall–Kier alpha value is -1.17. The number of H-pyrrole nitrogens is 1. The number of halogens is 2. The summed E-state index contributed by atoms with van der Waals surface area (Å²) in [6.45, 7) is 2.07. The molecule has 1 aromatic rings. The molecule has 1 aliphatic carbocycles. The van der Waals surface area contributed by atoms with E-state index >= 15 is 0 Å². The Labute approximate surface area is 113 Å². The van der Waals surface area contributed by atoms with Crippen LogP contribution in [0.3, 0.4) is 0 Å². The number of carbonyl (C=O) groups is 1. The lowest BCUT2D eigenvalue weighted by Crippen LogP contribution is -2.26. The minimum absolute atomic E-state index is 0.275. The van der Waals surface area contributed by atoms with E-state index in [0.717, 1.165) is 23.1 Å². The number of imidazole rings is 1. The van der Waals surface area contributed by atoms with E-state index in [1.165, 1.54) is 0 Å². The SMILES string of the molecule is C/C(=C(/F)C(=O)NCCc1[nH]cnc1Br)C1CC1. The Morgan fingerprint density at radius 3 is 2.94 bits per heavy atom. The normalized spacial score (nSPS) is 16.4. The largest absolute Gasteiger partial charge is 0.350 e. The number of nitrogens with zero attached hydrogens (tertiary/aromatic N) is 1. The van der Waals surface area contributed by atoms with Crippen LogP contribution in [0, 0.1) is 5.92 Å². The fourth-order valence-electron chi connectivity index (χ4n) is 1.73. The molecule has 98 valence electrons. The van der Waals surface area contributed by atoms with Gasteiger partial charge in [-0.25, -0.2) is 9.37 Å². The van der Waals surface area contributed by atoms with Crippen molar-refractivity contribution in [3.8, 4) is 0 Å². The maximum absolute atomic E-state index is 13.7. The number of rotatable bonds is 5. The molecule has 2 rings (SSSR count). The molecule has 1 aromatic heterocycles. The highest BCUT2D eigenvalue weighted by Crippen LogP contribution is 2.37. The third-order valence-electron chi connectivity index (χ3n) is 3.06. The zero-order valence-electron chi connectivity index (χ0n) is 10.1. The number of hydrogen-bond donors (Lipinski definition) is 2. The molecule has 4 nitrogen and oxygen atoms in total. The van der Waals surface area contributed by atoms with E-state index in [1.807, 2.05) is 0 Å². The molecular formula is C12H15BrFN3O. The van der Waals surface area contributed by atoms with Crippen molar-refractivity contribution in [3.05, 3.63) is 28.0 Å². The van der Waals surface area contributed by atoms with E-state index in [0.29, 0.717) is 18.5 Å². The molecule has 0 radical (unpaired) electrons. The number of nitrogens with one attached hydrogen (secondary N) is 2. The maximum atomic E-state index is 13.7. The third-order valence-corrected chi connectivity index (χ3v) is 3.74. The first-order chi connectivity index (χ1) is 8.59. The summed E-state index contributed by atoms with van der Waals surface area (Å²) in [5.74, 6) is -0.964. The summed E-state index contributed by atoms with van der Waals surface area (Å²) in [4.78, 5) is 18.5. The number of allylic oxidation sites excluding steroid dienone is 1. The molecule has 1 fully saturated rings. The minimum Gasteiger partial charge on any atom is -0.350 e. The van der Waals surface area contributed by atoms with Crippen molar-refractivity contribution in [3.63, 3.8) is 0 Å². The van der Waals surface area contributed by atoms with Crippen LogP contribution in [-0.2, 0) is 11.2 Å². The molecule has 18 heavy (non-hydrogen) atoms. The molecule has 2 N–H and O–H groups in total. The topological polar surface area (TPSA) is 57.8 Å². The van der Waals surface area contributed by atoms with E-state index in [1.54, 1.807) is 13.3 Å². The predicted molar refractivity (Wildman–Crippen MR) is 69.5 cm³/mol. The van der Waals surface area contributed by atoms with Crippen molar-refractivity contribution < 1.29 is 9.18 Å². The van der Waals surface area contributed by atoms with Crippen LogP contribution >= 0.6 is 15.9 Å². The monoisotopic (exact) mass is 315 g/mol. The van der Waals surface area contributed by atoms with E-state index in [2.05, 4.69) is 31.2 Å². The van der Waals surface area contributed by atoms with Gasteiger partial charge in [0, 0.05) is 13.0 Å². The number of carbonyl (C=O) groups excluding carboxylic acids is 1. The fourth-order valence-corrected chi connectivity index (χ4v) is 2.15. The Bertz CT molecular complexity index is 479. The Kier molecular flexibility index (Phi) is 4.16. The second-order valence-electron chi connectivity index (χ2n) is 4.45.